The zero-order chi connectivity index (χ0) is 30.3. The normalized spacial score (nSPS) is 18.3. The standard InChI is InChI=1S/C31H41FN4O5S/c1-5-15-36-22(8-7-14-33-29-12-11-24(42(4,38)39)18-31(29)41-3)17-25-27(9-6-10-30(25)36)34-28-13-16-35(20-26(28)32)19-23(37)21-40-2/h6,9-12,17-18,23,26,28,33-34,37H,5,13-16,19-21H2,1-4H3/t23-,26-,28+/m1/s1. The van der Waals surface area contributed by atoms with E-state index < -0.39 is 22.1 Å². The maximum Gasteiger partial charge on any atom is 0.175 e. The van der Waals surface area contributed by atoms with E-state index in [1.807, 2.05) is 23.1 Å². The minimum Gasteiger partial charge on any atom is -0.495 e. The zero-order valence-corrected chi connectivity index (χ0v) is 25.5. The van der Waals surface area contributed by atoms with Gasteiger partial charge < -0.3 is 29.8 Å². The lowest BCUT2D eigenvalue weighted by Crippen LogP contribution is -2.50. The molecule has 3 N–H and O–H groups in total. The van der Waals surface area contributed by atoms with Crippen LogP contribution in [0, 0.1) is 11.8 Å². The molecule has 1 fully saturated rings. The lowest BCUT2D eigenvalue weighted by Gasteiger charge is -2.36. The average Bonchev–Trinajstić information content (AvgIpc) is 3.30. The number of halogens is 1. The largest absolute Gasteiger partial charge is 0.495 e. The highest BCUT2D eigenvalue weighted by Gasteiger charge is 2.30. The number of methoxy groups -OCH3 is 2. The number of aliphatic hydroxyl groups is 1. The van der Waals surface area contributed by atoms with Crippen LogP contribution in [0.4, 0.5) is 15.8 Å². The minimum atomic E-state index is -3.34. The van der Waals surface area contributed by atoms with Crippen molar-refractivity contribution in [2.75, 3.05) is 63.9 Å². The molecule has 3 atom stereocenters. The van der Waals surface area contributed by atoms with Gasteiger partial charge in [-0.1, -0.05) is 18.9 Å². The Labute approximate surface area is 247 Å². The number of ether oxygens (including phenoxy) is 2. The van der Waals surface area contributed by atoms with E-state index in [-0.39, 0.29) is 24.1 Å². The van der Waals surface area contributed by atoms with Crippen LogP contribution in [0.2, 0.25) is 0 Å². The number of fused-ring (bicyclic) bond motifs is 1. The van der Waals surface area contributed by atoms with Gasteiger partial charge in [0, 0.05) is 56.7 Å². The van der Waals surface area contributed by atoms with Gasteiger partial charge >= 0.3 is 0 Å². The molecule has 1 saturated heterocycles. The molecule has 3 aromatic rings. The predicted octanol–water partition coefficient (Wildman–Crippen LogP) is 3.76. The van der Waals surface area contributed by atoms with E-state index in [0.29, 0.717) is 37.5 Å². The lowest BCUT2D eigenvalue weighted by atomic mass is 10.0. The van der Waals surface area contributed by atoms with E-state index in [0.717, 1.165) is 41.5 Å². The fourth-order valence-corrected chi connectivity index (χ4v) is 5.98. The molecule has 11 heteroatoms. The third-order valence-electron chi connectivity index (χ3n) is 7.37. The molecule has 0 spiro atoms. The second-order valence-corrected chi connectivity index (χ2v) is 12.6. The number of β-amino-alcohol motifs (C(OH)–C–C–N with tert-alkyl or cyclic N) is 1. The van der Waals surface area contributed by atoms with Crippen molar-refractivity contribution in [3.05, 3.63) is 48.2 Å². The number of benzene rings is 2. The molecule has 1 aromatic heterocycles. The summed E-state index contributed by atoms with van der Waals surface area (Å²) in [7, 11) is -0.304. The first-order valence-electron chi connectivity index (χ1n) is 14.2. The van der Waals surface area contributed by atoms with Crippen LogP contribution in [0.5, 0.6) is 5.75 Å². The number of alkyl halides is 1. The molecular formula is C31H41FN4O5S. The number of hydrogen-bond donors (Lipinski definition) is 3. The summed E-state index contributed by atoms with van der Waals surface area (Å²) in [6, 6.07) is 12.4. The van der Waals surface area contributed by atoms with Crippen molar-refractivity contribution < 1.29 is 27.4 Å². The molecule has 0 aliphatic carbocycles. The highest BCUT2D eigenvalue weighted by Crippen LogP contribution is 2.30. The maximum absolute atomic E-state index is 15.2. The van der Waals surface area contributed by atoms with Gasteiger partial charge in [-0.15, -0.1) is 0 Å². The maximum atomic E-state index is 15.2. The Bertz CT molecular complexity index is 1530. The van der Waals surface area contributed by atoms with Crippen molar-refractivity contribution >= 4 is 32.1 Å². The van der Waals surface area contributed by atoms with Crippen molar-refractivity contribution in [1.29, 1.82) is 0 Å². The van der Waals surface area contributed by atoms with Crippen LogP contribution in [0.15, 0.2) is 47.4 Å². The van der Waals surface area contributed by atoms with E-state index in [9.17, 15) is 13.5 Å². The Kier molecular flexibility index (Phi) is 10.7. The second kappa shape index (κ2) is 14.2. The zero-order valence-electron chi connectivity index (χ0n) is 24.7. The summed E-state index contributed by atoms with van der Waals surface area (Å²) < 4.78 is 51.5. The van der Waals surface area contributed by atoms with Gasteiger partial charge in [0.15, 0.2) is 9.84 Å². The van der Waals surface area contributed by atoms with Crippen LogP contribution < -0.4 is 15.4 Å². The minimum absolute atomic E-state index is 0.190. The Morgan fingerprint density at radius 2 is 2.00 bits per heavy atom. The number of piperidine rings is 1. The average molecular weight is 601 g/mol. The van der Waals surface area contributed by atoms with Crippen molar-refractivity contribution in [3.63, 3.8) is 0 Å². The number of nitrogens with one attached hydrogen (secondary N) is 2. The molecule has 1 aliphatic heterocycles. The van der Waals surface area contributed by atoms with Crippen LogP contribution >= 0.6 is 0 Å². The number of anilines is 2. The fourth-order valence-electron chi connectivity index (χ4n) is 5.34. The molecule has 2 heterocycles. The predicted molar refractivity (Wildman–Crippen MR) is 165 cm³/mol. The quantitative estimate of drug-likeness (QED) is 0.270. The Morgan fingerprint density at radius 1 is 1.19 bits per heavy atom. The molecule has 228 valence electrons. The van der Waals surface area contributed by atoms with E-state index in [2.05, 4.69) is 40.0 Å². The van der Waals surface area contributed by atoms with Crippen molar-refractivity contribution in [2.45, 2.75) is 49.5 Å². The highest BCUT2D eigenvalue weighted by molar-refractivity contribution is 7.90. The van der Waals surface area contributed by atoms with E-state index in [1.54, 1.807) is 13.2 Å². The Morgan fingerprint density at radius 3 is 2.69 bits per heavy atom. The number of aromatic nitrogens is 1. The summed E-state index contributed by atoms with van der Waals surface area (Å²) in [5.41, 5.74) is 3.42. The van der Waals surface area contributed by atoms with E-state index in [1.165, 1.54) is 19.2 Å². The molecule has 0 amide bonds. The summed E-state index contributed by atoms with van der Waals surface area (Å²) in [5, 5.41) is 17.7. The molecular weight excluding hydrogens is 559 g/mol. The number of nitrogens with zero attached hydrogens (tertiary/aromatic N) is 2. The first-order chi connectivity index (χ1) is 20.1. The molecule has 2 aromatic carbocycles. The molecule has 1 aliphatic rings. The molecule has 4 rings (SSSR count). The van der Waals surface area contributed by atoms with Gasteiger partial charge in [-0.25, -0.2) is 12.8 Å². The number of aliphatic hydroxyl groups excluding tert-OH is 1. The van der Waals surface area contributed by atoms with E-state index in [4.69, 9.17) is 9.47 Å². The summed E-state index contributed by atoms with van der Waals surface area (Å²) in [4.78, 5) is 2.14. The second-order valence-electron chi connectivity index (χ2n) is 10.6. The first-order valence-corrected chi connectivity index (χ1v) is 16.1. The SMILES string of the molecule is CCCn1c(C#CCNc2ccc(S(C)(=O)=O)cc2OC)cc2c(N[C@H]3CCN(C[C@@H](O)COC)C[C@H]3F)cccc21. The summed E-state index contributed by atoms with van der Waals surface area (Å²) in [6.45, 7) is 4.82. The number of aryl methyl sites for hydroxylation is 1. The smallest absolute Gasteiger partial charge is 0.175 e. The highest BCUT2D eigenvalue weighted by atomic mass is 32.2. The summed E-state index contributed by atoms with van der Waals surface area (Å²) >= 11 is 0. The fraction of sp³-hybridized carbons (Fsp3) is 0.484. The summed E-state index contributed by atoms with van der Waals surface area (Å²) in [5.74, 6) is 6.88. The van der Waals surface area contributed by atoms with Gasteiger partial charge in [-0.2, -0.15) is 0 Å². The van der Waals surface area contributed by atoms with Crippen molar-refractivity contribution in [2.24, 2.45) is 0 Å². The van der Waals surface area contributed by atoms with Gasteiger partial charge in [0.2, 0.25) is 0 Å². The number of hydrogen-bond acceptors (Lipinski definition) is 8. The Balaban J connectivity index is 1.49. The molecule has 9 nitrogen and oxygen atoms in total. The number of likely N-dealkylation sites (tertiary alicyclic amines) is 1. The van der Waals surface area contributed by atoms with Crippen LogP contribution in [-0.2, 0) is 21.1 Å². The molecule has 0 bridgehead atoms. The van der Waals surface area contributed by atoms with Crippen LogP contribution in [0.25, 0.3) is 10.9 Å². The molecule has 0 radical (unpaired) electrons. The number of rotatable bonds is 12. The summed E-state index contributed by atoms with van der Waals surface area (Å²) in [6.07, 6.45) is 1.01. The molecule has 42 heavy (non-hydrogen) atoms. The van der Waals surface area contributed by atoms with Gasteiger partial charge in [-0.05, 0) is 49.1 Å². The van der Waals surface area contributed by atoms with Crippen molar-refractivity contribution in [3.8, 4) is 17.6 Å². The third-order valence-corrected chi connectivity index (χ3v) is 8.48. The molecule has 0 unspecified atom stereocenters. The van der Waals surface area contributed by atoms with Gasteiger partial charge in [-0.3, -0.25) is 4.90 Å². The van der Waals surface area contributed by atoms with Crippen LogP contribution in [0.1, 0.15) is 25.5 Å². The van der Waals surface area contributed by atoms with Crippen LogP contribution in [-0.4, -0.2) is 94.6 Å². The molecule has 0 saturated carbocycles. The van der Waals surface area contributed by atoms with Gasteiger partial charge in [0.1, 0.15) is 11.9 Å². The van der Waals surface area contributed by atoms with Crippen molar-refractivity contribution in [1.82, 2.24) is 9.47 Å². The number of sulfone groups is 1. The monoisotopic (exact) mass is 600 g/mol. The van der Waals surface area contributed by atoms with E-state index >= 15 is 4.39 Å². The van der Waals surface area contributed by atoms with Gasteiger partial charge in [0.05, 0.1) is 54.2 Å². The van der Waals surface area contributed by atoms with Crippen LogP contribution in [0.3, 0.4) is 0 Å². The van der Waals surface area contributed by atoms with Gasteiger partial charge in [0.25, 0.3) is 0 Å². The Hall–Kier alpha value is -3.30. The first kappa shape index (κ1) is 31.6. The lowest BCUT2D eigenvalue weighted by molar-refractivity contribution is 0.0215. The topological polar surface area (TPSA) is 105 Å². The third kappa shape index (κ3) is 7.75.